The molecule has 0 spiro atoms. The number of carbonyl (C=O) groups excluding carboxylic acids is 2. The average Bonchev–Trinajstić information content (AvgIpc) is 2.72. The fraction of sp³-hybridized carbons (Fsp3) is 0.227. The molecule has 0 heterocycles. The lowest BCUT2D eigenvalue weighted by molar-refractivity contribution is -0.126. The van der Waals surface area contributed by atoms with Gasteiger partial charge in [-0.1, -0.05) is 42.6 Å². The topological polar surface area (TPSA) is 89.0 Å². The maximum absolute atomic E-state index is 12.1. The molecule has 0 bridgehead atoms. The second-order valence-electron chi connectivity index (χ2n) is 6.06. The summed E-state index contributed by atoms with van der Waals surface area (Å²) in [6.45, 7) is 2.03. The fourth-order valence-electron chi connectivity index (χ4n) is 2.58. The van der Waals surface area contributed by atoms with Crippen molar-refractivity contribution in [1.82, 2.24) is 5.43 Å². The number of nitrogens with one attached hydrogen (secondary N) is 2. The van der Waals surface area contributed by atoms with Gasteiger partial charge < -0.3 is 14.8 Å². The van der Waals surface area contributed by atoms with Crippen molar-refractivity contribution in [3.05, 3.63) is 52.5 Å². The largest absolute Gasteiger partial charge is 0.493 e. The number of carbonyl (C=O) groups is 2. The van der Waals surface area contributed by atoms with Crippen molar-refractivity contribution >= 4 is 35.3 Å². The van der Waals surface area contributed by atoms with Gasteiger partial charge in [0.15, 0.2) is 11.5 Å². The number of methoxy groups -OCH3 is 1. The number of benzene rings is 2. The minimum atomic E-state index is -0.551. The van der Waals surface area contributed by atoms with Crippen molar-refractivity contribution in [1.29, 1.82) is 0 Å². The number of aryl methyl sites for hydroxylation is 1. The molecule has 2 amide bonds. The van der Waals surface area contributed by atoms with Gasteiger partial charge in [-0.05, 0) is 35.7 Å². The summed E-state index contributed by atoms with van der Waals surface area (Å²) in [7, 11) is 1.46. The highest BCUT2D eigenvalue weighted by atomic mass is 35.5. The number of anilines is 1. The monoisotopic (exact) mass is 427 g/mol. The summed E-state index contributed by atoms with van der Waals surface area (Å²) in [4.78, 5) is 24.1. The van der Waals surface area contributed by atoms with Crippen molar-refractivity contribution in [3.8, 4) is 23.8 Å². The Morgan fingerprint density at radius 1 is 1.27 bits per heavy atom. The highest BCUT2D eigenvalue weighted by Gasteiger charge is 2.12. The van der Waals surface area contributed by atoms with E-state index in [1.54, 1.807) is 18.2 Å². The van der Waals surface area contributed by atoms with Gasteiger partial charge in [0.2, 0.25) is 11.8 Å². The first-order valence-corrected chi connectivity index (χ1v) is 9.49. The third-order valence-corrected chi connectivity index (χ3v) is 4.23. The Bertz CT molecular complexity index is 983. The normalized spacial score (nSPS) is 10.3. The van der Waals surface area contributed by atoms with Crippen molar-refractivity contribution in [2.45, 2.75) is 19.8 Å². The summed E-state index contributed by atoms with van der Waals surface area (Å²) < 4.78 is 10.6. The molecular formula is C22H22ClN3O4. The number of terminal acetylenes is 1. The van der Waals surface area contributed by atoms with Crippen LogP contribution in [0.4, 0.5) is 5.69 Å². The Hall–Kier alpha value is -3.50. The smallest absolute Gasteiger partial charge is 0.249 e. The average molecular weight is 428 g/mol. The molecule has 2 aromatic carbocycles. The number of para-hydroxylation sites is 1. The zero-order valence-corrected chi connectivity index (χ0v) is 17.5. The molecule has 0 radical (unpaired) electrons. The van der Waals surface area contributed by atoms with Crippen LogP contribution in [0.1, 0.15) is 24.5 Å². The molecule has 0 saturated heterocycles. The van der Waals surface area contributed by atoms with Crippen LogP contribution in [0.25, 0.3) is 0 Å². The predicted molar refractivity (Wildman–Crippen MR) is 117 cm³/mol. The highest BCUT2D eigenvalue weighted by Crippen LogP contribution is 2.35. The molecule has 0 unspecified atom stereocenters. The van der Waals surface area contributed by atoms with Gasteiger partial charge in [-0.25, -0.2) is 5.43 Å². The van der Waals surface area contributed by atoms with E-state index in [1.165, 1.54) is 13.3 Å². The summed E-state index contributed by atoms with van der Waals surface area (Å²) in [5, 5.41) is 6.87. The number of ether oxygens (including phenoxy) is 2. The zero-order valence-electron chi connectivity index (χ0n) is 16.7. The minimum absolute atomic E-state index is 0.0460. The zero-order chi connectivity index (χ0) is 21.9. The predicted octanol–water partition coefficient (Wildman–Crippen LogP) is 3.40. The minimum Gasteiger partial charge on any atom is -0.493 e. The van der Waals surface area contributed by atoms with E-state index in [0.29, 0.717) is 22.7 Å². The number of rotatable bonds is 9. The van der Waals surface area contributed by atoms with Crippen LogP contribution in [0, 0.1) is 12.3 Å². The number of hydrogen-bond donors (Lipinski definition) is 2. The van der Waals surface area contributed by atoms with Crippen LogP contribution >= 0.6 is 11.6 Å². The molecule has 30 heavy (non-hydrogen) atoms. The van der Waals surface area contributed by atoms with Crippen LogP contribution < -0.4 is 20.2 Å². The molecular weight excluding hydrogens is 406 g/mol. The van der Waals surface area contributed by atoms with E-state index in [4.69, 9.17) is 27.5 Å². The van der Waals surface area contributed by atoms with E-state index in [9.17, 15) is 9.59 Å². The summed E-state index contributed by atoms with van der Waals surface area (Å²) >= 11 is 6.19. The standard InChI is InChI=1S/C22H22ClN3O4/c1-4-10-30-22-17(23)11-15(12-19(22)29-3)14-24-26-21(28)13-20(27)25-18-9-7-6-8-16(18)5-2/h1,6-9,11-12,14H,5,10,13H2,2-3H3,(H,25,27)(H,26,28). The van der Waals surface area contributed by atoms with Gasteiger partial charge in [0, 0.05) is 5.69 Å². The van der Waals surface area contributed by atoms with Crippen LogP contribution in [0.15, 0.2) is 41.5 Å². The third kappa shape index (κ3) is 6.54. The molecule has 8 heteroatoms. The van der Waals surface area contributed by atoms with E-state index >= 15 is 0 Å². The van der Waals surface area contributed by atoms with Gasteiger partial charge in [-0.2, -0.15) is 5.10 Å². The molecule has 2 N–H and O–H groups in total. The first-order chi connectivity index (χ1) is 14.5. The number of nitrogens with zero attached hydrogens (tertiary/aromatic N) is 1. The van der Waals surface area contributed by atoms with Crippen LogP contribution in [0.2, 0.25) is 5.02 Å². The molecule has 0 saturated carbocycles. The Labute approximate surface area is 180 Å². The molecule has 156 valence electrons. The van der Waals surface area contributed by atoms with Crippen LogP contribution in [-0.2, 0) is 16.0 Å². The Morgan fingerprint density at radius 2 is 2.03 bits per heavy atom. The number of halogens is 1. The van der Waals surface area contributed by atoms with Crippen molar-refractivity contribution < 1.29 is 19.1 Å². The molecule has 0 aromatic heterocycles. The molecule has 0 atom stereocenters. The van der Waals surface area contributed by atoms with Gasteiger partial charge in [0.25, 0.3) is 0 Å². The maximum atomic E-state index is 12.1. The Balaban J connectivity index is 1.94. The fourth-order valence-corrected chi connectivity index (χ4v) is 2.85. The van der Waals surface area contributed by atoms with Crippen molar-refractivity contribution in [2.24, 2.45) is 5.10 Å². The van der Waals surface area contributed by atoms with Gasteiger partial charge in [0.1, 0.15) is 13.0 Å². The van der Waals surface area contributed by atoms with Gasteiger partial charge in [0.05, 0.1) is 18.3 Å². The Morgan fingerprint density at radius 3 is 2.73 bits per heavy atom. The van der Waals surface area contributed by atoms with Crippen LogP contribution in [0.5, 0.6) is 11.5 Å². The van der Waals surface area contributed by atoms with Gasteiger partial charge >= 0.3 is 0 Å². The summed E-state index contributed by atoms with van der Waals surface area (Å²) in [5.74, 6) is 2.07. The molecule has 0 fully saturated rings. The molecule has 2 rings (SSSR count). The number of hydrogen-bond acceptors (Lipinski definition) is 5. The summed E-state index contributed by atoms with van der Waals surface area (Å²) in [5.41, 5.74) is 4.55. The van der Waals surface area contributed by atoms with Crippen molar-refractivity contribution in [2.75, 3.05) is 19.0 Å². The van der Waals surface area contributed by atoms with Crippen LogP contribution in [0.3, 0.4) is 0 Å². The highest BCUT2D eigenvalue weighted by molar-refractivity contribution is 6.32. The SMILES string of the molecule is C#CCOc1c(Cl)cc(C=NNC(=O)CC(=O)Nc2ccccc2CC)cc1OC. The van der Waals surface area contributed by atoms with Crippen LogP contribution in [-0.4, -0.2) is 31.7 Å². The first-order valence-electron chi connectivity index (χ1n) is 9.11. The third-order valence-electron chi connectivity index (χ3n) is 3.95. The van der Waals surface area contributed by atoms with Gasteiger partial charge in [-0.3, -0.25) is 9.59 Å². The van der Waals surface area contributed by atoms with Crippen molar-refractivity contribution in [3.63, 3.8) is 0 Å². The maximum Gasteiger partial charge on any atom is 0.249 e. The Kier molecular flexibility index (Phi) is 8.73. The summed E-state index contributed by atoms with van der Waals surface area (Å²) in [6, 6.07) is 10.6. The lowest BCUT2D eigenvalue weighted by Crippen LogP contribution is -2.25. The first kappa shape index (κ1) is 22.8. The molecule has 0 aliphatic heterocycles. The van der Waals surface area contributed by atoms with Gasteiger partial charge in [-0.15, -0.1) is 6.42 Å². The molecule has 7 nitrogen and oxygen atoms in total. The lowest BCUT2D eigenvalue weighted by Gasteiger charge is -2.11. The lowest BCUT2D eigenvalue weighted by atomic mass is 10.1. The van der Waals surface area contributed by atoms with E-state index in [2.05, 4.69) is 21.8 Å². The molecule has 0 aliphatic carbocycles. The molecule has 0 aliphatic rings. The summed E-state index contributed by atoms with van der Waals surface area (Å²) in [6.07, 6.45) is 6.97. The quantitative estimate of drug-likeness (QED) is 0.278. The van der Waals surface area contributed by atoms with E-state index in [1.807, 2.05) is 25.1 Å². The van der Waals surface area contributed by atoms with E-state index in [0.717, 1.165) is 12.0 Å². The van der Waals surface area contributed by atoms with E-state index in [-0.39, 0.29) is 18.1 Å². The second kappa shape index (κ2) is 11.5. The molecule has 2 aromatic rings. The number of amides is 2. The number of hydrazone groups is 1. The second-order valence-corrected chi connectivity index (χ2v) is 6.46. The van der Waals surface area contributed by atoms with E-state index < -0.39 is 11.8 Å².